The highest BCUT2D eigenvalue weighted by molar-refractivity contribution is 6.36. The molecule has 2 aliphatic rings. The topological polar surface area (TPSA) is 38.8 Å². The Morgan fingerprint density at radius 3 is 2.47 bits per heavy atom. The van der Waals surface area contributed by atoms with Crippen molar-refractivity contribution in [3.63, 3.8) is 0 Å². The van der Waals surface area contributed by atoms with E-state index in [1.807, 2.05) is 25.1 Å². The van der Waals surface area contributed by atoms with Gasteiger partial charge in [-0.25, -0.2) is 0 Å². The second-order valence-corrected chi connectivity index (χ2v) is 9.98. The monoisotopic (exact) mass is 533 g/mol. The van der Waals surface area contributed by atoms with Crippen LogP contribution in [-0.2, 0) is 13.0 Å². The van der Waals surface area contributed by atoms with Crippen molar-refractivity contribution in [2.24, 2.45) is 0 Å². The molecule has 0 saturated carbocycles. The average molecular weight is 535 g/mol. The van der Waals surface area contributed by atoms with Crippen molar-refractivity contribution in [3.8, 4) is 11.5 Å². The van der Waals surface area contributed by atoms with Gasteiger partial charge in [-0.3, -0.25) is 9.69 Å². The van der Waals surface area contributed by atoms with Crippen LogP contribution in [0.4, 0.5) is 0 Å². The van der Waals surface area contributed by atoms with E-state index in [2.05, 4.69) is 4.90 Å². The summed E-state index contributed by atoms with van der Waals surface area (Å²) in [6.45, 7) is 3.64. The smallest absolute Gasteiger partial charge is 0.232 e. The molecular weight excluding hydrogens is 516 g/mol. The van der Waals surface area contributed by atoms with Crippen LogP contribution in [0.25, 0.3) is 6.08 Å². The van der Waals surface area contributed by atoms with Gasteiger partial charge in [-0.1, -0.05) is 58.5 Å². The highest BCUT2D eigenvalue weighted by Crippen LogP contribution is 2.44. The minimum Gasteiger partial charge on any atom is -0.478 e. The van der Waals surface area contributed by atoms with Crippen molar-refractivity contribution in [1.82, 2.24) is 4.90 Å². The molecule has 4 nitrogen and oxygen atoms in total. The first-order valence-electron chi connectivity index (χ1n) is 10.6. The van der Waals surface area contributed by atoms with Crippen molar-refractivity contribution >= 4 is 58.3 Å². The average Bonchev–Trinajstić information content (AvgIpc) is 3.12. The number of ketones is 1. The molecule has 0 radical (unpaired) electrons. The van der Waals surface area contributed by atoms with Gasteiger partial charge in [0.05, 0.1) is 11.1 Å². The summed E-state index contributed by atoms with van der Waals surface area (Å²) < 4.78 is 12.1. The molecule has 0 amide bonds. The lowest BCUT2D eigenvalue weighted by atomic mass is 9.98. The number of halogens is 4. The third kappa shape index (κ3) is 4.53. The van der Waals surface area contributed by atoms with Gasteiger partial charge >= 0.3 is 0 Å². The van der Waals surface area contributed by atoms with Crippen LogP contribution in [0.2, 0.25) is 20.1 Å². The minimum atomic E-state index is -0.175. The largest absolute Gasteiger partial charge is 0.478 e. The van der Waals surface area contributed by atoms with Crippen molar-refractivity contribution in [3.05, 3.63) is 96.1 Å². The van der Waals surface area contributed by atoms with Gasteiger partial charge in [-0.2, -0.15) is 0 Å². The molecule has 34 heavy (non-hydrogen) atoms. The van der Waals surface area contributed by atoms with E-state index in [0.29, 0.717) is 50.2 Å². The SMILES string of the molecule is Cc1cc2c(c3c1C(=O)/C(=C\c1ccc(Cl)cc1Cl)O3)CN(CCc1ccc(Cl)cc1Cl)CO2. The number of benzene rings is 3. The Hall–Kier alpha value is -2.21. The number of ether oxygens (including phenoxy) is 2. The Balaban J connectivity index is 1.40. The van der Waals surface area contributed by atoms with E-state index >= 15 is 0 Å². The highest BCUT2D eigenvalue weighted by atomic mass is 35.5. The fourth-order valence-electron chi connectivity index (χ4n) is 4.18. The van der Waals surface area contributed by atoms with E-state index in [-0.39, 0.29) is 11.5 Å². The fraction of sp³-hybridized carbons (Fsp3) is 0.192. The zero-order valence-electron chi connectivity index (χ0n) is 18.1. The predicted octanol–water partition coefficient (Wildman–Crippen LogP) is 7.62. The van der Waals surface area contributed by atoms with Gasteiger partial charge in [-0.05, 0) is 66.4 Å². The van der Waals surface area contributed by atoms with E-state index < -0.39 is 0 Å². The highest BCUT2D eigenvalue weighted by Gasteiger charge is 2.35. The van der Waals surface area contributed by atoms with Crippen LogP contribution >= 0.6 is 46.4 Å². The van der Waals surface area contributed by atoms with Crippen LogP contribution in [0.3, 0.4) is 0 Å². The standard InChI is InChI=1S/C26H19Cl4NO3/c1-14-8-22-19(12-31(13-33-22)7-6-15-2-4-17(27)10-20(15)29)26-24(14)25(32)23(34-26)9-16-3-5-18(28)11-21(16)30/h2-5,8-11H,6-7,12-13H2,1H3/b23-9+. The summed E-state index contributed by atoms with van der Waals surface area (Å²) in [4.78, 5) is 15.3. The molecule has 0 aliphatic carbocycles. The Kier molecular flexibility index (Phi) is 6.54. The maximum atomic E-state index is 13.2. The summed E-state index contributed by atoms with van der Waals surface area (Å²) in [5, 5.41) is 2.23. The fourth-order valence-corrected chi connectivity index (χ4v) is 5.15. The minimum absolute atomic E-state index is 0.175. The number of nitrogens with zero attached hydrogens (tertiary/aromatic N) is 1. The lowest BCUT2D eigenvalue weighted by molar-refractivity contribution is 0.0949. The summed E-state index contributed by atoms with van der Waals surface area (Å²) in [7, 11) is 0. The maximum Gasteiger partial charge on any atom is 0.232 e. The molecule has 0 atom stereocenters. The maximum absolute atomic E-state index is 13.2. The molecule has 0 unspecified atom stereocenters. The van der Waals surface area contributed by atoms with Crippen molar-refractivity contribution in [1.29, 1.82) is 0 Å². The number of carbonyl (C=O) groups is 1. The molecule has 0 aromatic heterocycles. The van der Waals surface area contributed by atoms with Crippen molar-refractivity contribution in [2.75, 3.05) is 13.3 Å². The zero-order chi connectivity index (χ0) is 24.0. The van der Waals surface area contributed by atoms with Crippen LogP contribution < -0.4 is 9.47 Å². The first-order chi connectivity index (χ1) is 16.3. The molecule has 0 spiro atoms. The number of rotatable bonds is 4. The summed E-state index contributed by atoms with van der Waals surface area (Å²) in [5.41, 5.74) is 3.90. The van der Waals surface area contributed by atoms with E-state index in [1.54, 1.807) is 30.3 Å². The van der Waals surface area contributed by atoms with Gasteiger partial charge in [0.2, 0.25) is 5.78 Å². The number of carbonyl (C=O) groups excluding carboxylic acids is 1. The zero-order valence-corrected chi connectivity index (χ0v) is 21.2. The lowest BCUT2D eigenvalue weighted by Gasteiger charge is -2.30. The number of fused-ring (bicyclic) bond motifs is 3. The van der Waals surface area contributed by atoms with Crippen molar-refractivity contribution < 1.29 is 14.3 Å². The van der Waals surface area contributed by atoms with Gasteiger partial charge in [-0.15, -0.1) is 0 Å². The van der Waals surface area contributed by atoms with Gasteiger partial charge in [0.15, 0.2) is 5.76 Å². The molecule has 2 aliphatic heterocycles. The lowest BCUT2D eigenvalue weighted by Crippen LogP contribution is -2.34. The molecule has 3 aromatic carbocycles. The van der Waals surface area contributed by atoms with Crippen molar-refractivity contribution in [2.45, 2.75) is 19.9 Å². The number of aryl methyl sites for hydroxylation is 1. The first-order valence-corrected chi connectivity index (χ1v) is 12.2. The summed E-state index contributed by atoms with van der Waals surface area (Å²) in [5.74, 6) is 1.33. The summed E-state index contributed by atoms with van der Waals surface area (Å²) >= 11 is 24.6. The molecule has 5 rings (SSSR count). The summed E-state index contributed by atoms with van der Waals surface area (Å²) in [6, 6.07) is 12.5. The number of Topliss-reactive ketones (excluding diaryl/α,β-unsaturated/α-hetero) is 1. The summed E-state index contributed by atoms with van der Waals surface area (Å²) in [6.07, 6.45) is 2.39. The molecule has 3 aromatic rings. The van der Waals surface area contributed by atoms with E-state index in [4.69, 9.17) is 55.9 Å². The van der Waals surface area contributed by atoms with Gasteiger partial charge in [0.1, 0.15) is 18.2 Å². The molecule has 0 bridgehead atoms. The number of hydrogen-bond donors (Lipinski definition) is 0. The number of hydrogen-bond acceptors (Lipinski definition) is 4. The van der Waals surface area contributed by atoms with Gasteiger partial charge in [0, 0.05) is 33.2 Å². The Bertz CT molecular complexity index is 1350. The Morgan fingerprint density at radius 2 is 1.74 bits per heavy atom. The van der Waals surface area contributed by atoms with Crippen LogP contribution in [0, 0.1) is 6.92 Å². The van der Waals surface area contributed by atoms with Crippen LogP contribution in [0.15, 0.2) is 48.2 Å². The first kappa shape index (κ1) is 23.5. The second kappa shape index (κ2) is 9.44. The van der Waals surface area contributed by atoms with Gasteiger partial charge in [0.25, 0.3) is 0 Å². The third-order valence-corrected chi connectivity index (χ3v) is 7.10. The van der Waals surface area contributed by atoms with E-state index in [0.717, 1.165) is 35.4 Å². The number of allylic oxidation sites excluding steroid dienone is 1. The molecule has 0 N–H and O–H groups in total. The van der Waals surface area contributed by atoms with E-state index in [9.17, 15) is 4.79 Å². The molecular formula is C26H19Cl4NO3. The van der Waals surface area contributed by atoms with Crippen LogP contribution in [0.1, 0.15) is 32.6 Å². The second-order valence-electron chi connectivity index (χ2n) is 8.29. The molecule has 2 heterocycles. The van der Waals surface area contributed by atoms with Crippen LogP contribution in [-0.4, -0.2) is 24.0 Å². The Morgan fingerprint density at radius 1 is 1.00 bits per heavy atom. The van der Waals surface area contributed by atoms with Gasteiger partial charge < -0.3 is 9.47 Å². The van der Waals surface area contributed by atoms with E-state index in [1.165, 1.54) is 0 Å². The van der Waals surface area contributed by atoms with Crippen LogP contribution in [0.5, 0.6) is 11.5 Å². The molecule has 0 saturated heterocycles. The normalized spacial score (nSPS) is 16.3. The quantitative estimate of drug-likeness (QED) is 0.323. The molecule has 174 valence electrons. The molecule has 8 heteroatoms. The predicted molar refractivity (Wildman–Crippen MR) is 137 cm³/mol. The molecule has 0 fully saturated rings. The Labute approximate surface area is 217 Å². The third-order valence-electron chi connectivity index (χ3n) is 5.95.